The van der Waals surface area contributed by atoms with Gasteiger partial charge in [-0.25, -0.2) is 4.79 Å². The Morgan fingerprint density at radius 3 is 2.40 bits per heavy atom. The topological polar surface area (TPSA) is 75.6 Å². The van der Waals surface area contributed by atoms with Gasteiger partial charge in [0.15, 0.2) is 6.61 Å². The minimum atomic E-state index is -0.609. The number of rotatable bonds is 6. The van der Waals surface area contributed by atoms with Gasteiger partial charge in [-0.15, -0.1) is 0 Å². The quantitative estimate of drug-likeness (QED) is 0.750. The van der Waals surface area contributed by atoms with Crippen molar-refractivity contribution >= 4 is 35.1 Å². The smallest absolute Gasteiger partial charge is 0.338 e. The van der Waals surface area contributed by atoms with Crippen LogP contribution in [0.25, 0.3) is 0 Å². The molecule has 0 heterocycles. The van der Waals surface area contributed by atoms with Crippen LogP contribution in [0.2, 0.25) is 10.0 Å². The van der Waals surface area contributed by atoms with E-state index in [1.807, 2.05) is 0 Å². The lowest BCUT2D eigenvalue weighted by Crippen LogP contribution is -2.31. The van der Waals surface area contributed by atoms with Crippen LogP contribution < -0.4 is 5.32 Å². The van der Waals surface area contributed by atoms with Crippen LogP contribution in [0.4, 0.5) is 0 Å². The molecular formula is C18H17Cl2NO4. The van der Waals surface area contributed by atoms with E-state index in [0.29, 0.717) is 21.2 Å². The first kappa shape index (κ1) is 19.2. The monoisotopic (exact) mass is 381 g/mol. The van der Waals surface area contributed by atoms with Crippen LogP contribution in [0.5, 0.6) is 0 Å². The Balaban J connectivity index is 1.86. The third-order valence-corrected chi connectivity index (χ3v) is 4.27. The summed E-state index contributed by atoms with van der Waals surface area (Å²) in [6.45, 7) is 1.28. The highest BCUT2D eigenvalue weighted by Gasteiger charge is 2.14. The highest BCUT2D eigenvalue weighted by Crippen LogP contribution is 2.25. The zero-order valence-corrected chi connectivity index (χ0v) is 15.0. The lowest BCUT2D eigenvalue weighted by atomic mass is 10.1. The third kappa shape index (κ3) is 5.46. The van der Waals surface area contributed by atoms with Crippen LogP contribution in [0, 0.1) is 0 Å². The number of amides is 1. The van der Waals surface area contributed by atoms with E-state index >= 15 is 0 Å². The second-order valence-electron chi connectivity index (χ2n) is 5.39. The summed E-state index contributed by atoms with van der Waals surface area (Å²) in [6.07, 6.45) is 0. The van der Waals surface area contributed by atoms with Gasteiger partial charge < -0.3 is 15.2 Å². The Hall–Kier alpha value is -2.08. The number of carbonyl (C=O) groups excluding carboxylic acids is 2. The van der Waals surface area contributed by atoms with Gasteiger partial charge in [0.25, 0.3) is 5.91 Å². The molecule has 0 radical (unpaired) electrons. The zero-order chi connectivity index (χ0) is 18.4. The van der Waals surface area contributed by atoms with Gasteiger partial charge in [-0.3, -0.25) is 4.79 Å². The summed E-state index contributed by atoms with van der Waals surface area (Å²) in [7, 11) is 0. The maximum Gasteiger partial charge on any atom is 0.338 e. The molecule has 2 N–H and O–H groups in total. The average molecular weight is 382 g/mol. The Kier molecular flexibility index (Phi) is 6.82. The van der Waals surface area contributed by atoms with Crippen molar-refractivity contribution < 1.29 is 19.4 Å². The molecule has 0 saturated carbocycles. The van der Waals surface area contributed by atoms with Gasteiger partial charge in [-0.2, -0.15) is 0 Å². The number of aliphatic hydroxyl groups excluding tert-OH is 1. The van der Waals surface area contributed by atoms with Gasteiger partial charge in [-0.1, -0.05) is 41.4 Å². The number of hydrogen-bond donors (Lipinski definition) is 2. The van der Waals surface area contributed by atoms with Crippen molar-refractivity contribution in [3.63, 3.8) is 0 Å². The molecule has 25 heavy (non-hydrogen) atoms. The summed E-state index contributed by atoms with van der Waals surface area (Å²) in [5.41, 5.74) is 1.78. The fraction of sp³-hybridized carbons (Fsp3) is 0.222. The van der Waals surface area contributed by atoms with Crippen molar-refractivity contribution in [1.82, 2.24) is 5.32 Å². The molecule has 0 aromatic heterocycles. The minimum absolute atomic E-state index is 0.107. The van der Waals surface area contributed by atoms with Crippen LogP contribution in [-0.2, 0) is 16.1 Å². The van der Waals surface area contributed by atoms with E-state index < -0.39 is 18.5 Å². The summed E-state index contributed by atoms with van der Waals surface area (Å²) in [5, 5.41) is 12.5. The molecule has 1 amide bonds. The fourth-order valence-electron chi connectivity index (χ4n) is 2.11. The molecule has 2 aromatic carbocycles. The SMILES string of the molecule is C[C@@H](NC(=O)COC(=O)c1ccc(CO)cc1)c1ccc(Cl)c(Cl)c1. The molecular weight excluding hydrogens is 365 g/mol. The van der Waals surface area contributed by atoms with E-state index in [4.69, 9.17) is 33.0 Å². The predicted molar refractivity (Wildman–Crippen MR) is 95.7 cm³/mol. The molecule has 2 rings (SSSR count). The second kappa shape index (κ2) is 8.85. The highest BCUT2D eigenvalue weighted by molar-refractivity contribution is 6.42. The summed E-state index contributed by atoms with van der Waals surface area (Å²) in [5.74, 6) is -1.04. The maximum absolute atomic E-state index is 11.9. The van der Waals surface area contributed by atoms with Gasteiger partial charge in [0.2, 0.25) is 0 Å². The van der Waals surface area contributed by atoms with E-state index in [9.17, 15) is 9.59 Å². The lowest BCUT2D eigenvalue weighted by Gasteiger charge is -2.15. The molecule has 0 fully saturated rings. The predicted octanol–water partition coefficient (Wildman–Crippen LogP) is 3.52. The Labute approximate surface area is 155 Å². The van der Waals surface area contributed by atoms with Gasteiger partial charge in [-0.05, 0) is 42.3 Å². The van der Waals surface area contributed by atoms with Crippen LogP contribution in [0.1, 0.15) is 34.5 Å². The van der Waals surface area contributed by atoms with Crippen molar-refractivity contribution in [3.05, 3.63) is 69.2 Å². The number of esters is 1. The molecule has 0 aliphatic carbocycles. The van der Waals surface area contributed by atoms with Crippen molar-refractivity contribution in [1.29, 1.82) is 0 Å². The second-order valence-corrected chi connectivity index (χ2v) is 6.21. The zero-order valence-electron chi connectivity index (χ0n) is 13.5. The van der Waals surface area contributed by atoms with E-state index in [1.165, 1.54) is 12.1 Å². The molecule has 0 aliphatic heterocycles. The molecule has 0 saturated heterocycles. The molecule has 2 aromatic rings. The molecule has 132 valence electrons. The highest BCUT2D eigenvalue weighted by atomic mass is 35.5. The first-order chi connectivity index (χ1) is 11.9. The molecule has 0 unspecified atom stereocenters. The molecule has 5 nitrogen and oxygen atoms in total. The van der Waals surface area contributed by atoms with E-state index in [0.717, 1.165) is 5.56 Å². The summed E-state index contributed by atoms with van der Waals surface area (Å²) >= 11 is 11.8. The molecule has 0 aliphatic rings. The van der Waals surface area contributed by atoms with Crippen molar-refractivity contribution in [2.75, 3.05) is 6.61 Å². The van der Waals surface area contributed by atoms with Gasteiger partial charge in [0, 0.05) is 0 Å². The Morgan fingerprint density at radius 2 is 1.80 bits per heavy atom. The van der Waals surface area contributed by atoms with E-state index in [2.05, 4.69) is 5.32 Å². The van der Waals surface area contributed by atoms with Gasteiger partial charge in [0.1, 0.15) is 0 Å². The first-order valence-corrected chi connectivity index (χ1v) is 8.27. The fourth-order valence-corrected chi connectivity index (χ4v) is 2.42. The van der Waals surface area contributed by atoms with Crippen molar-refractivity contribution in [2.45, 2.75) is 19.6 Å². The van der Waals surface area contributed by atoms with Crippen LogP contribution in [0.3, 0.4) is 0 Å². The number of carbonyl (C=O) groups is 2. The Morgan fingerprint density at radius 1 is 1.12 bits per heavy atom. The number of benzene rings is 2. The number of nitrogens with one attached hydrogen (secondary N) is 1. The average Bonchev–Trinajstić information content (AvgIpc) is 2.62. The first-order valence-electron chi connectivity index (χ1n) is 7.52. The molecule has 0 spiro atoms. The van der Waals surface area contributed by atoms with Crippen LogP contribution in [-0.4, -0.2) is 23.6 Å². The summed E-state index contributed by atoms with van der Waals surface area (Å²) < 4.78 is 4.98. The lowest BCUT2D eigenvalue weighted by molar-refractivity contribution is -0.124. The van der Waals surface area contributed by atoms with Crippen LogP contribution >= 0.6 is 23.2 Å². The van der Waals surface area contributed by atoms with Gasteiger partial charge >= 0.3 is 5.97 Å². The standard InChI is InChI=1S/C18H17Cl2NO4/c1-11(14-6-7-15(19)16(20)8-14)21-17(23)10-25-18(24)13-4-2-12(9-22)3-5-13/h2-8,11,22H,9-10H2,1H3,(H,21,23)/t11-/m1/s1. The normalized spacial score (nSPS) is 11.7. The van der Waals surface area contributed by atoms with Crippen molar-refractivity contribution in [2.24, 2.45) is 0 Å². The molecule has 0 bridgehead atoms. The summed E-state index contributed by atoms with van der Waals surface area (Å²) in [4.78, 5) is 23.8. The maximum atomic E-state index is 11.9. The van der Waals surface area contributed by atoms with E-state index in [1.54, 1.807) is 37.3 Å². The minimum Gasteiger partial charge on any atom is -0.452 e. The third-order valence-electron chi connectivity index (χ3n) is 3.53. The number of ether oxygens (including phenoxy) is 1. The molecule has 7 heteroatoms. The van der Waals surface area contributed by atoms with Crippen molar-refractivity contribution in [3.8, 4) is 0 Å². The van der Waals surface area contributed by atoms with Crippen LogP contribution in [0.15, 0.2) is 42.5 Å². The largest absolute Gasteiger partial charge is 0.452 e. The van der Waals surface area contributed by atoms with E-state index in [-0.39, 0.29) is 12.6 Å². The number of aliphatic hydroxyl groups is 1. The van der Waals surface area contributed by atoms with Gasteiger partial charge in [0.05, 0.1) is 28.3 Å². The molecule has 1 atom stereocenters. The Bertz CT molecular complexity index is 762. The number of halogens is 2. The summed E-state index contributed by atoms with van der Waals surface area (Å²) in [6, 6.07) is 11.1. The number of hydrogen-bond acceptors (Lipinski definition) is 4.